The van der Waals surface area contributed by atoms with Crippen molar-refractivity contribution >= 4 is 23.1 Å². The van der Waals surface area contributed by atoms with E-state index in [4.69, 9.17) is 18.0 Å². The predicted molar refractivity (Wildman–Crippen MR) is 76.9 cm³/mol. The van der Waals surface area contributed by atoms with E-state index in [1.54, 1.807) is 4.90 Å². The van der Waals surface area contributed by atoms with Crippen molar-refractivity contribution < 1.29 is 18.0 Å². The number of hydrogen-bond donors (Lipinski definition) is 1. The van der Waals surface area contributed by atoms with Gasteiger partial charge in [-0.15, -0.1) is 0 Å². The third kappa shape index (κ3) is 3.72. The molecule has 0 spiro atoms. The molecule has 1 fully saturated rings. The van der Waals surface area contributed by atoms with Crippen LogP contribution in [-0.2, 0) is 6.18 Å². The summed E-state index contributed by atoms with van der Waals surface area (Å²) in [5.41, 5.74) is 5.08. The van der Waals surface area contributed by atoms with E-state index in [9.17, 15) is 18.0 Å². The van der Waals surface area contributed by atoms with Crippen LogP contribution in [-0.4, -0.2) is 28.9 Å². The summed E-state index contributed by atoms with van der Waals surface area (Å²) in [6.45, 7) is 0.994. The molecular formula is C14H15F3N2OS. The smallest absolute Gasteiger partial charge is 0.393 e. The van der Waals surface area contributed by atoms with E-state index in [2.05, 4.69) is 0 Å². The van der Waals surface area contributed by atoms with Crippen molar-refractivity contribution in [2.24, 2.45) is 11.7 Å². The lowest BCUT2D eigenvalue weighted by Gasteiger charge is -2.32. The maximum Gasteiger partial charge on any atom is 0.416 e. The van der Waals surface area contributed by atoms with Crippen molar-refractivity contribution in [3.63, 3.8) is 0 Å². The molecule has 1 aliphatic heterocycles. The normalized spacial score (nSPS) is 19.4. The van der Waals surface area contributed by atoms with Crippen LogP contribution in [0.2, 0.25) is 0 Å². The second-order valence-corrected chi connectivity index (χ2v) is 5.54. The van der Waals surface area contributed by atoms with Gasteiger partial charge in [0.05, 0.1) is 10.6 Å². The molecule has 1 saturated heterocycles. The number of carbonyl (C=O) groups excluding carboxylic acids is 1. The first-order valence-electron chi connectivity index (χ1n) is 6.55. The van der Waals surface area contributed by atoms with Gasteiger partial charge in [-0.2, -0.15) is 13.2 Å². The lowest BCUT2D eigenvalue weighted by atomic mass is 9.97. The number of nitrogens with zero attached hydrogens (tertiary/aromatic N) is 1. The van der Waals surface area contributed by atoms with Crippen molar-refractivity contribution in [2.45, 2.75) is 19.0 Å². The molecule has 1 aliphatic rings. The van der Waals surface area contributed by atoms with Crippen LogP contribution in [0, 0.1) is 5.92 Å². The molecular weight excluding hydrogens is 301 g/mol. The molecule has 0 aromatic heterocycles. The van der Waals surface area contributed by atoms with Crippen molar-refractivity contribution in [1.29, 1.82) is 0 Å². The summed E-state index contributed by atoms with van der Waals surface area (Å²) in [5.74, 6) is -0.308. The molecule has 1 aromatic rings. The van der Waals surface area contributed by atoms with Crippen LogP contribution >= 0.6 is 12.2 Å². The van der Waals surface area contributed by atoms with Crippen molar-refractivity contribution in [2.75, 3.05) is 13.1 Å². The predicted octanol–water partition coefficient (Wildman–Crippen LogP) is 2.84. The van der Waals surface area contributed by atoms with Gasteiger partial charge in [0.1, 0.15) is 0 Å². The Kier molecular flexibility index (Phi) is 4.51. The molecule has 0 bridgehead atoms. The molecule has 1 aromatic carbocycles. The first-order valence-corrected chi connectivity index (χ1v) is 6.95. The zero-order valence-corrected chi connectivity index (χ0v) is 12.0. The molecule has 114 valence electrons. The highest BCUT2D eigenvalue weighted by Gasteiger charge is 2.31. The molecule has 21 heavy (non-hydrogen) atoms. The van der Waals surface area contributed by atoms with Gasteiger partial charge in [0.2, 0.25) is 0 Å². The van der Waals surface area contributed by atoms with Crippen LogP contribution in [0.5, 0.6) is 0 Å². The Morgan fingerprint density at radius 1 is 1.29 bits per heavy atom. The lowest BCUT2D eigenvalue weighted by Crippen LogP contribution is -2.43. The highest BCUT2D eigenvalue weighted by atomic mass is 32.1. The Morgan fingerprint density at radius 2 is 1.90 bits per heavy atom. The number of amides is 1. The third-order valence-corrected chi connectivity index (χ3v) is 3.90. The number of carbonyl (C=O) groups is 1. The molecule has 0 radical (unpaired) electrons. The second kappa shape index (κ2) is 6.01. The minimum atomic E-state index is -4.40. The number of halogens is 3. The van der Waals surface area contributed by atoms with E-state index in [1.165, 1.54) is 12.1 Å². The van der Waals surface area contributed by atoms with Gasteiger partial charge in [0.15, 0.2) is 0 Å². The fourth-order valence-corrected chi connectivity index (χ4v) is 2.57. The lowest BCUT2D eigenvalue weighted by molar-refractivity contribution is -0.137. The maximum atomic E-state index is 12.5. The number of rotatable bonds is 2. The Balaban J connectivity index is 2.11. The monoisotopic (exact) mass is 316 g/mol. The zero-order valence-electron chi connectivity index (χ0n) is 11.2. The van der Waals surface area contributed by atoms with Crippen LogP contribution in [0.15, 0.2) is 24.3 Å². The van der Waals surface area contributed by atoms with Crippen molar-refractivity contribution in [3.8, 4) is 0 Å². The summed E-state index contributed by atoms with van der Waals surface area (Å²) >= 11 is 4.94. The van der Waals surface area contributed by atoms with Crippen molar-refractivity contribution in [1.82, 2.24) is 4.90 Å². The summed E-state index contributed by atoms with van der Waals surface area (Å²) in [6, 6.07) is 4.25. The van der Waals surface area contributed by atoms with Gasteiger partial charge in [0, 0.05) is 24.6 Å². The van der Waals surface area contributed by atoms with E-state index < -0.39 is 11.7 Å². The summed E-state index contributed by atoms with van der Waals surface area (Å²) < 4.78 is 37.5. The molecule has 2 rings (SSSR count). The average molecular weight is 316 g/mol. The topological polar surface area (TPSA) is 46.3 Å². The number of likely N-dealkylation sites (tertiary alicyclic amines) is 1. The van der Waals surface area contributed by atoms with Crippen LogP contribution in [0.4, 0.5) is 13.2 Å². The zero-order chi connectivity index (χ0) is 15.6. The minimum absolute atomic E-state index is 0.0212. The molecule has 0 aliphatic carbocycles. The van der Waals surface area contributed by atoms with Crippen LogP contribution in [0.3, 0.4) is 0 Å². The van der Waals surface area contributed by atoms with Crippen LogP contribution < -0.4 is 5.73 Å². The number of piperidine rings is 1. The van der Waals surface area contributed by atoms with Crippen LogP contribution in [0.25, 0.3) is 0 Å². The van der Waals surface area contributed by atoms with Gasteiger partial charge >= 0.3 is 6.18 Å². The number of alkyl halides is 3. The minimum Gasteiger partial charge on any atom is -0.393 e. The average Bonchev–Trinajstić information content (AvgIpc) is 2.46. The van der Waals surface area contributed by atoms with E-state index in [1.807, 2.05) is 0 Å². The Bertz CT molecular complexity index is 542. The number of benzene rings is 1. The standard InChI is InChI=1S/C14H15F3N2OS/c15-14(16,17)11-5-3-9(4-6-11)13(20)19-7-1-2-10(8-19)12(18)21/h3-6,10H,1-2,7-8H2,(H2,18,21). The van der Waals surface area contributed by atoms with Gasteiger partial charge < -0.3 is 10.6 Å². The quantitative estimate of drug-likeness (QED) is 0.854. The number of thiocarbonyl (C=S) groups is 1. The fourth-order valence-electron chi connectivity index (χ4n) is 2.38. The van der Waals surface area contributed by atoms with Gasteiger partial charge in [-0.05, 0) is 37.1 Å². The summed E-state index contributed by atoms with van der Waals surface area (Å²) in [7, 11) is 0. The molecule has 1 amide bonds. The number of nitrogens with two attached hydrogens (primary N) is 1. The molecule has 1 unspecified atom stereocenters. The Hall–Kier alpha value is -1.63. The van der Waals surface area contributed by atoms with Gasteiger partial charge in [0.25, 0.3) is 5.91 Å². The first kappa shape index (κ1) is 15.8. The van der Waals surface area contributed by atoms with E-state index >= 15 is 0 Å². The van der Waals surface area contributed by atoms with Crippen LogP contribution in [0.1, 0.15) is 28.8 Å². The molecule has 1 atom stereocenters. The van der Waals surface area contributed by atoms with Gasteiger partial charge in [-0.25, -0.2) is 0 Å². The van der Waals surface area contributed by atoms with E-state index in [0.717, 1.165) is 25.0 Å². The summed E-state index contributed by atoms with van der Waals surface area (Å²) in [4.78, 5) is 14.3. The van der Waals surface area contributed by atoms with E-state index in [-0.39, 0.29) is 17.4 Å². The van der Waals surface area contributed by atoms with E-state index in [0.29, 0.717) is 18.1 Å². The maximum absolute atomic E-state index is 12.5. The highest BCUT2D eigenvalue weighted by molar-refractivity contribution is 7.80. The van der Waals surface area contributed by atoms with Gasteiger partial charge in [-0.3, -0.25) is 4.79 Å². The summed E-state index contributed by atoms with van der Waals surface area (Å²) in [5, 5.41) is 0. The largest absolute Gasteiger partial charge is 0.416 e. The number of hydrogen-bond acceptors (Lipinski definition) is 2. The molecule has 2 N–H and O–H groups in total. The van der Waals surface area contributed by atoms with Gasteiger partial charge in [-0.1, -0.05) is 12.2 Å². The SMILES string of the molecule is NC(=S)C1CCCN(C(=O)c2ccc(C(F)(F)F)cc2)C1. The Labute approximate surface area is 125 Å². The highest BCUT2D eigenvalue weighted by Crippen LogP contribution is 2.29. The first-order chi connectivity index (χ1) is 9.79. The van der Waals surface area contributed by atoms with Crippen molar-refractivity contribution in [3.05, 3.63) is 35.4 Å². The molecule has 3 nitrogen and oxygen atoms in total. The Morgan fingerprint density at radius 3 is 2.43 bits per heavy atom. The second-order valence-electron chi connectivity index (χ2n) is 5.07. The third-order valence-electron chi connectivity index (χ3n) is 3.57. The molecule has 0 saturated carbocycles. The molecule has 7 heteroatoms. The molecule has 1 heterocycles. The fraction of sp³-hybridized carbons (Fsp3) is 0.429. The summed E-state index contributed by atoms with van der Waals surface area (Å²) in [6.07, 6.45) is -2.77.